The van der Waals surface area contributed by atoms with E-state index in [1.165, 1.54) is 0 Å². The highest BCUT2D eigenvalue weighted by atomic mass is 16.5. The van der Waals surface area contributed by atoms with Crippen LogP contribution in [0, 0.1) is 0 Å². The van der Waals surface area contributed by atoms with Gasteiger partial charge in [0.1, 0.15) is 5.75 Å². The van der Waals surface area contributed by atoms with Crippen LogP contribution in [0.2, 0.25) is 0 Å². The van der Waals surface area contributed by atoms with Crippen LogP contribution in [0.3, 0.4) is 0 Å². The molecule has 0 aliphatic carbocycles. The molecular formula is C22H33N3O6. The van der Waals surface area contributed by atoms with E-state index in [-0.39, 0.29) is 36.1 Å². The monoisotopic (exact) mass is 435 g/mol. The first kappa shape index (κ1) is 24.6. The third-order valence-corrected chi connectivity index (χ3v) is 5.87. The number of phenolic OH excluding ortho intramolecular Hbond substituents is 1. The van der Waals surface area contributed by atoms with Gasteiger partial charge in [-0.1, -0.05) is 12.1 Å². The lowest BCUT2D eigenvalue weighted by Crippen LogP contribution is -2.45. The molecule has 9 heteroatoms. The highest BCUT2D eigenvalue weighted by molar-refractivity contribution is 5.77. The minimum atomic E-state index is -0.250. The van der Waals surface area contributed by atoms with Gasteiger partial charge in [0.05, 0.1) is 13.2 Å². The quantitative estimate of drug-likeness (QED) is 0.543. The zero-order chi connectivity index (χ0) is 22.6. The smallest absolute Gasteiger partial charge is 0.290 e. The number of morpholine rings is 1. The van der Waals surface area contributed by atoms with Crippen molar-refractivity contribution < 1.29 is 29.3 Å². The molecule has 3 rings (SSSR count). The largest absolute Gasteiger partial charge is 0.508 e. The van der Waals surface area contributed by atoms with E-state index in [0.29, 0.717) is 52.1 Å². The topological polar surface area (TPSA) is 119 Å². The van der Waals surface area contributed by atoms with Crippen molar-refractivity contribution in [1.29, 1.82) is 0 Å². The summed E-state index contributed by atoms with van der Waals surface area (Å²) in [7, 11) is 2.05. The van der Waals surface area contributed by atoms with Crippen molar-refractivity contribution in [3.63, 3.8) is 0 Å². The zero-order valence-electron chi connectivity index (χ0n) is 18.0. The van der Waals surface area contributed by atoms with Crippen LogP contribution in [0.5, 0.6) is 5.75 Å². The number of amides is 2. The SMILES string of the molecule is CN1[C@@H](CC(=O)N2CCOCC2)CC[C@H]1CNC(=O)CCc1ccc(O)cc1.O=CO. The number of hydrogen-bond donors (Lipinski definition) is 3. The van der Waals surface area contributed by atoms with Crippen molar-refractivity contribution in [3.05, 3.63) is 29.8 Å². The highest BCUT2D eigenvalue weighted by Crippen LogP contribution is 2.25. The number of benzene rings is 1. The first-order chi connectivity index (χ1) is 14.9. The summed E-state index contributed by atoms with van der Waals surface area (Å²) < 4.78 is 5.31. The fourth-order valence-corrected chi connectivity index (χ4v) is 3.97. The van der Waals surface area contributed by atoms with Crippen LogP contribution in [-0.4, -0.2) is 90.3 Å². The molecule has 1 aromatic rings. The predicted octanol–water partition coefficient (Wildman–Crippen LogP) is 0.854. The van der Waals surface area contributed by atoms with Gasteiger partial charge in [-0.05, 0) is 44.0 Å². The number of hydrogen-bond acceptors (Lipinski definition) is 6. The second kappa shape index (κ2) is 12.9. The molecule has 2 amide bonds. The van der Waals surface area contributed by atoms with Crippen LogP contribution in [0.15, 0.2) is 24.3 Å². The van der Waals surface area contributed by atoms with Gasteiger partial charge in [-0.15, -0.1) is 0 Å². The van der Waals surface area contributed by atoms with E-state index in [2.05, 4.69) is 17.3 Å². The number of aromatic hydroxyl groups is 1. The number of carbonyl (C=O) groups is 3. The molecule has 2 heterocycles. The van der Waals surface area contributed by atoms with Crippen LogP contribution < -0.4 is 5.32 Å². The molecule has 2 saturated heterocycles. The Balaban J connectivity index is 0.00000107. The number of nitrogens with one attached hydrogen (secondary N) is 1. The van der Waals surface area contributed by atoms with Crippen LogP contribution in [0.1, 0.15) is 31.2 Å². The number of likely N-dealkylation sites (N-methyl/N-ethyl adjacent to an activating group) is 1. The molecule has 2 fully saturated rings. The third kappa shape index (κ3) is 8.18. The molecule has 2 aliphatic rings. The summed E-state index contributed by atoms with van der Waals surface area (Å²) in [6, 6.07) is 7.47. The fourth-order valence-electron chi connectivity index (χ4n) is 3.97. The first-order valence-corrected chi connectivity index (χ1v) is 10.6. The van der Waals surface area contributed by atoms with Crippen molar-refractivity contribution in [2.24, 2.45) is 0 Å². The maximum Gasteiger partial charge on any atom is 0.290 e. The Morgan fingerprint density at radius 1 is 1.16 bits per heavy atom. The predicted molar refractivity (Wildman–Crippen MR) is 115 cm³/mol. The normalized spacial score (nSPS) is 21.1. The van der Waals surface area contributed by atoms with Gasteiger partial charge in [0.2, 0.25) is 11.8 Å². The summed E-state index contributed by atoms with van der Waals surface area (Å²) >= 11 is 0. The van der Waals surface area contributed by atoms with Crippen LogP contribution in [0.4, 0.5) is 0 Å². The van der Waals surface area contributed by atoms with Gasteiger partial charge in [0.15, 0.2) is 0 Å². The molecule has 3 N–H and O–H groups in total. The highest BCUT2D eigenvalue weighted by Gasteiger charge is 2.33. The van der Waals surface area contributed by atoms with E-state index in [1.54, 1.807) is 12.1 Å². The first-order valence-electron chi connectivity index (χ1n) is 10.6. The Bertz CT molecular complexity index is 706. The van der Waals surface area contributed by atoms with E-state index in [4.69, 9.17) is 14.6 Å². The lowest BCUT2D eigenvalue weighted by molar-refractivity contribution is -0.136. The van der Waals surface area contributed by atoms with Gasteiger partial charge in [-0.2, -0.15) is 0 Å². The van der Waals surface area contributed by atoms with Crippen LogP contribution in [0.25, 0.3) is 0 Å². The number of likely N-dealkylation sites (tertiary alicyclic amines) is 1. The molecule has 31 heavy (non-hydrogen) atoms. The Morgan fingerprint density at radius 3 is 2.42 bits per heavy atom. The van der Waals surface area contributed by atoms with E-state index in [1.807, 2.05) is 17.0 Å². The number of carboxylic acid groups (broad SMARTS) is 1. The average molecular weight is 436 g/mol. The third-order valence-electron chi connectivity index (χ3n) is 5.87. The molecule has 0 spiro atoms. The number of nitrogens with zero attached hydrogens (tertiary/aromatic N) is 2. The summed E-state index contributed by atoms with van der Waals surface area (Å²) in [5, 5.41) is 19.2. The molecule has 2 aliphatic heterocycles. The lowest BCUT2D eigenvalue weighted by atomic mass is 10.1. The second-order valence-electron chi connectivity index (χ2n) is 7.82. The molecule has 0 radical (unpaired) electrons. The standard InChI is InChI=1S/C21H31N3O4.CH2O2/c1-23-17(14-21(27)24-10-12-28-13-11-24)5-6-18(23)15-22-20(26)9-4-16-2-7-19(25)8-3-16;2-1-3/h2-3,7-8,17-18,25H,4-6,9-15H2,1H3,(H,22,26);1H,(H,2,3)/t17-,18+;/m1./s1. The Kier molecular flexibility index (Phi) is 10.3. The Labute approximate surface area is 183 Å². The molecule has 9 nitrogen and oxygen atoms in total. The summed E-state index contributed by atoms with van der Waals surface area (Å²) in [6.07, 6.45) is 3.61. The Morgan fingerprint density at radius 2 is 1.77 bits per heavy atom. The van der Waals surface area contributed by atoms with E-state index < -0.39 is 0 Å². The van der Waals surface area contributed by atoms with Crippen molar-refractivity contribution in [2.45, 2.75) is 44.2 Å². The van der Waals surface area contributed by atoms with Gasteiger partial charge in [-0.25, -0.2) is 0 Å². The zero-order valence-corrected chi connectivity index (χ0v) is 18.0. The van der Waals surface area contributed by atoms with E-state index in [0.717, 1.165) is 18.4 Å². The van der Waals surface area contributed by atoms with Gasteiger partial charge >= 0.3 is 0 Å². The van der Waals surface area contributed by atoms with Gasteiger partial charge in [-0.3, -0.25) is 19.3 Å². The summed E-state index contributed by atoms with van der Waals surface area (Å²) in [6.45, 7) is 3.01. The Hall–Kier alpha value is -2.65. The maximum atomic E-state index is 12.5. The van der Waals surface area contributed by atoms with Crippen molar-refractivity contribution in [3.8, 4) is 5.75 Å². The van der Waals surface area contributed by atoms with Crippen molar-refractivity contribution in [1.82, 2.24) is 15.1 Å². The van der Waals surface area contributed by atoms with Crippen LogP contribution >= 0.6 is 0 Å². The molecule has 0 aromatic heterocycles. The van der Waals surface area contributed by atoms with E-state index in [9.17, 15) is 14.7 Å². The van der Waals surface area contributed by atoms with Crippen molar-refractivity contribution >= 4 is 18.3 Å². The number of rotatable bonds is 7. The minimum absolute atomic E-state index is 0.0364. The molecule has 0 unspecified atom stereocenters. The fraction of sp³-hybridized carbons (Fsp3) is 0.591. The maximum absolute atomic E-state index is 12.5. The number of phenols is 1. The minimum Gasteiger partial charge on any atom is -0.508 e. The molecule has 0 bridgehead atoms. The molecule has 172 valence electrons. The molecular weight excluding hydrogens is 402 g/mol. The molecule has 1 aromatic carbocycles. The van der Waals surface area contributed by atoms with E-state index >= 15 is 0 Å². The summed E-state index contributed by atoms with van der Waals surface area (Å²) in [4.78, 5) is 37.1. The van der Waals surface area contributed by atoms with Crippen molar-refractivity contribution in [2.75, 3.05) is 39.9 Å². The van der Waals surface area contributed by atoms with Gasteiger partial charge < -0.3 is 25.2 Å². The lowest BCUT2D eigenvalue weighted by Gasteiger charge is -2.30. The average Bonchev–Trinajstić information content (AvgIpc) is 3.12. The number of aryl methyl sites for hydroxylation is 1. The molecule has 0 saturated carbocycles. The number of carbonyl (C=O) groups excluding carboxylic acids is 2. The van der Waals surface area contributed by atoms with Crippen LogP contribution in [-0.2, 0) is 25.5 Å². The van der Waals surface area contributed by atoms with Gasteiger partial charge in [0.25, 0.3) is 6.47 Å². The molecule has 2 atom stereocenters. The number of ether oxygens (including phenoxy) is 1. The summed E-state index contributed by atoms with van der Waals surface area (Å²) in [5.41, 5.74) is 1.03. The van der Waals surface area contributed by atoms with Gasteiger partial charge in [0, 0.05) is 44.6 Å². The summed E-state index contributed by atoms with van der Waals surface area (Å²) in [5.74, 6) is 0.479. The second-order valence-corrected chi connectivity index (χ2v) is 7.82.